The number of aryl methyl sites for hydroxylation is 1. The molecule has 0 unspecified atom stereocenters. The third-order valence-corrected chi connectivity index (χ3v) is 18.3. The van der Waals surface area contributed by atoms with E-state index in [2.05, 4.69) is 23.4 Å². The van der Waals surface area contributed by atoms with Crippen molar-refractivity contribution >= 4 is 61.7 Å². The molecule has 5 nitrogen and oxygen atoms in total. The van der Waals surface area contributed by atoms with E-state index < -0.39 is 239 Å². The van der Waals surface area contributed by atoms with Gasteiger partial charge in [0.2, 0.25) is 0 Å². The quantitative estimate of drug-likeness (QED) is 0.0529. The van der Waals surface area contributed by atoms with Crippen LogP contribution in [0.4, 0.5) is 0 Å². The number of para-hydroxylation sites is 1. The second-order valence-corrected chi connectivity index (χ2v) is 23.5. The molecule has 0 N–H and O–H groups in total. The smallest absolute Gasteiger partial charge is 0.268 e. The molecule has 0 saturated carbocycles. The fourth-order valence-electron chi connectivity index (χ4n) is 10.4. The molecular weight excluding hydrogens is 1220 g/mol. The van der Waals surface area contributed by atoms with Crippen LogP contribution < -0.4 is 30.1 Å². The van der Waals surface area contributed by atoms with Crippen molar-refractivity contribution in [2.75, 3.05) is 0 Å². The monoisotopic (exact) mass is 1310 g/mol. The molecule has 0 atom stereocenters. The number of benzene rings is 11. The van der Waals surface area contributed by atoms with Crippen LogP contribution in [0.2, 0.25) is 0 Å². The van der Waals surface area contributed by atoms with Crippen LogP contribution in [-0.2, 0) is 26.5 Å². The van der Waals surface area contributed by atoms with Crippen molar-refractivity contribution in [1.82, 2.24) is 14.1 Å². The van der Waals surface area contributed by atoms with Crippen LogP contribution in [0.5, 0.6) is 11.5 Å². The van der Waals surface area contributed by atoms with Gasteiger partial charge in [0.05, 0.1) is 57.8 Å². The Morgan fingerprint density at radius 3 is 1.74 bits per heavy atom. The van der Waals surface area contributed by atoms with E-state index in [4.69, 9.17) is 28.0 Å². The maximum absolute atomic E-state index is 10.1. The van der Waals surface area contributed by atoms with E-state index in [1.54, 1.807) is 61.7 Å². The van der Waals surface area contributed by atoms with Gasteiger partial charge in [0.15, 0.2) is 8.07 Å². The summed E-state index contributed by atoms with van der Waals surface area (Å²) in [4.78, 5) is 4.67. The Morgan fingerprint density at radius 1 is 0.536 bits per heavy atom. The molecule has 0 fully saturated rings. The first-order valence-electron chi connectivity index (χ1n) is 42.1. The number of pyridine rings is 1. The molecule has 14 rings (SSSR count). The van der Waals surface area contributed by atoms with Gasteiger partial charge in [-0.05, 0) is 101 Å². The Morgan fingerprint density at radius 2 is 1.12 bits per heavy atom. The van der Waals surface area contributed by atoms with Crippen LogP contribution in [0.3, 0.4) is 0 Å². The average Bonchev–Trinajstić information content (AvgIpc) is 1.10. The van der Waals surface area contributed by atoms with Crippen molar-refractivity contribution in [3.05, 3.63) is 308 Å². The molecule has 7 heteroatoms. The van der Waals surface area contributed by atoms with Gasteiger partial charge in [-0.2, -0.15) is 18.2 Å². The van der Waals surface area contributed by atoms with Crippen molar-refractivity contribution in [2.45, 2.75) is 33.0 Å². The summed E-state index contributed by atoms with van der Waals surface area (Å²) in [6.07, 6.45) is 4.46. The van der Waals surface area contributed by atoms with Gasteiger partial charge in [0.1, 0.15) is 5.82 Å². The van der Waals surface area contributed by atoms with Crippen LogP contribution >= 0.6 is 0 Å². The summed E-state index contributed by atoms with van der Waals surface area (Å²) in [5.41, 5.74) is -3.43. The summed E-state index contributed by atoms with van der Waals surface area (Å²) in [7, 11) is -6.40. The number of ether oxygens (including phenoxy) is 1. The van der Waals surface area contributed by atoms with Crippen molar-refractivity contribution in [3.8, 4) is 62.1 Å². The number of nitrogens with zero attached hydrogens (tertiary/aromatic N) is 4. The van der Waals surface area contributed by atoms with Crippen molar-refractivity contribution in [3.63, 3.8) is 0 Å². The number of imidazole rings is 1. The van der Waals surface area contributed by atoms with Gasteiger partial charge >= 0.3 is 0 Å². The molecule has 11 aromatic carbocycles. The first-order chi connectivity index (χ1) is 54.3. The van der Waals surface area contributed by atoms with Crippen LogP contribution in [0.15, 0.2) is 278 Å². The Hall–Kier alpha value is -9.45. The molecule has 84 heavy (non-hydrogen) atoms. The van der Waals surface area contributed by atoms with Crippen LogP contribution in [0.1, 0.15) is 77.1 Å². The third kappa shape index (κ3) is 9.61. The Kier molecular flexibility index (Phi) is 7.51. The first-order valence-corrected chi connectivity index (χ1v) is 27.6. The van der Waals surface area contributed by atoms with E-state index in [0.717, 1.165) is 12.3 Å². The maximum Gasteiger partial charge on any atom is 0.268 e. The summed E-state index contributed by atoms with van der Waals surface area (Å²) in [5.74, 6) is -0.0817. The van der Waals surface area contributed by atoms with Gasteiger partial charge in [-0.25, -0.2) is 4.98 Å². The molecule has 0 saturated heterocycles. The van der Waals surface area contributed by atoms with Gasteiger partial charge in [0.25, 0.3) is 6.33 Å². The minimum absolute atomic E-state index is 0. The fraction of sp³-hybridized carbons (Fsp3) is 0.0649. The van der Waals surface area contributed by atoms with Gasteiger partial charge in [0, 0.05) is 54.0 Å². The number of hydrogen-bond acceptors (Lipinski definition) is 2. The normalized spacial score (nSPS) is 17.4. The number of rotatable bonds is 12. The first kappa shape index (κ1) is 28.2. The van der Waals surface area contributed by atoms with Crippen LogP contribution in [-0.4, -0.2) is 22.2 Å². The van der Waals surface area contributed by atoms with Gasteiger partial charge in [-0.15, -0.1) is 29.7 Å². The molecule has 0 bridgehead atoms. The van der Waals surface area contributed by atoms with Crippen molar-refractivity contribution in [1.29, 1.82) is 0 Å². The molecule has 3 aromatic heterocycles. The second kappa shape index (κ2) is 22.4. The van der Waals surface area contributed by atoms with E-state index in [1.807, 2.05) is 0 Å². The fourth-order valence-corrected chi connectivity index (χ4v) is 14.5. The summed E-state index contributed by atoms with van der Waals surface area (Å²) in [5, 5.41) is -2.25. The zero-order valence-electron chi connectivity index (χ0n) is 77.3. The minimum Gasteiger partial charge on any atom is -0.510 e. The molecule has 408 valence electrons. The number of hydrogen-bond donors (Lipinski definition) is 0. The standard InChI is InChI=1S/C77H58N4OSi.Pt/c1-54-46-75(78-52-68(54)57-30-15-7-16-31-57)81-70-41-24-23-40-66(70)67-44-43-62(51-72(67)81)82-61-33-25-32-60(50-61)79-53-80(71-45-42-58(48-73(71)79)55-26-11-5-12-27-55)76-69(77(2,3)4)47-59(56-28-13-6-14-29-56)49-74(76)83(63-34-17-8-18-35-63,64-36-19-9-20-37-64)65-38-21-10-22-39-65;/h5-49,52H,1-4H3;/q-2;/i1D3,5D,6D,7D,8D,9D,10D,11D,12D,13D,14D,15D,16D,17D,18D,19D,20D,21D,22D,26D,27D,28D,29D,30D,31D,34D,35D,36D,37D,38D,39D;. The molecule has 0 aliphatic heterocycles. The average molecular weight is 1310 g/mol. The third-order valence-electron chi connectivity index (χ3n) is 14.1. The second-order valence-electron chi connectivity index (χ2n) is 19.9. The number of fused-ring (bicyclic) bond motifs is 4. The van der Waals surface area contributed by atoms with Gasteiger partial charge < -0.3 is 13.9 Å². The van der Waals surface area contributed by atoms with Crippen molar-refractivity contribution in [2.24, 2.45) is 0 Å². The molecule has 0 aliphatic carbocycles. The molecule has 0 amide bonds. The molecular formula is C77H58N4OPtSi-2. The summed E-state index contributed by atoms with van der Waals surface area (Å²) >= 11 is 0. The predicted molar refractivity (Wildman–Crippen MR) is 343 cm³/mol. The largest absolute Gasteiger partial charge is 0.510 e. The molecule has 0 radical (unpaired) electrons. The molecule has 0 spiro atoms. The maximum atomic E-state index is 10.1. The van der Waals surface area contributed by atoms with Crippen molar-refractivity contribution < 1.29 is 75.6 Å². The summed E-state index contributed by atoms with van der Waals surface area (Å²) in [6.45, 7) is 1.95. The SMILES string of the molecule is [2H]c1c([2H])c([2H])c(-c2cc(C(C)(C)C)c(-[n+]3[c-]n(-c4[c-]c(Oc5[c-]c6c(cc5)c5ccccc5n6-c5cc(C([2H])([2H])[2H])c(-c6c([2H])c([2H])c([2H])c([2H])c6[2H])cn5)ccc4)c4cc(-c5c([2H])c([2H])c([2H])c([2H])c5[2H])ccc43)c([Si](c3c([2H])c([2H])c([2H])c([2H])c3[2H])(c3c([2H])c([2H])c([2H])c([2H])c3[2H])c3c([2H])c([2H])c([2H])c([2H])c3[2H])c2)c([2H])c1[2H].[Pt]. The summed E-state index contributed by atoms with van der Waals surface area (Å²) in [6, 6.07) is 1.33. The molecule has 3 heterocycles. The van der Waals surface area contributed by atoms with E-state index in [-0.39, 0.29) is 94.1 Å². The van der Waals surface area contributed by atoms with E-state index in [9.17, 15) is 21.9 Å². The minimum atomic E-state index is -6.40. The number of aromatic nitrogens is 4. The van der Waals surface area contributed by atoms with Gasteiger partial charge in [-0.1, -0.05) is 250 Å². The van der Waals surface area contributed by atoms with Crippen LogP contribution in [0.25, 0.3) is 83.4 Å². The zero-order valence-corrected chi connectivity index (χ0v) is 47.5. The topological polar surface area (TPSA) is 35.9 Å². The van der Waals surface area contributed by atoms with E-state index in [0.29, 0.717) is 16.3 Å². The predicted octanol–water partition coefficient (Wildman–Crippen LogP) is 15.6. The van der Waals surface area contributed by atoms with Gasteiger partial charge in [-0.3, -0.25) is 4.57 Å². The zero-order chi connectivity index (χ0) is 84.7. The summed E-state index contributed by atoms with van der Waals surface area (Å²) < 4.78 is 314. The Labute approximate surface area is 553 Å². The van der Waals surface area contributed by atoms with E-state index >= 15 is 0 Å². The van der Waals surface area contributed by atoms with E-state index in [1.165, 1.54) is 57.7 Å². The Bertz CT molecular complexity index is 6350. The molecule has 14 aromatic rings. The Balaban J connectivity index is 0.0000119. The van der Waals surface area contributed by atoms with Crippen LogP contribution in [0, 0.1) is 25.3 Å². The molecule has 0 aliphatic rings.